The Hall–Kier alpha value is -9.80. The number of hydrogen-bond donors (Lipinski definition) is 0. The molecule has 0 saturated heterocycles. The summed E-state index contributed by atoms with van der Waals surface area (Å²) < 4.78 is 0. The zero-order valence-electron chi connectivity index (χ0n) is 31.7. The number of benzene rings is 8. The minimum Gasteiger partial charge on any atom is -0.192 e. The van der Waals surface area contributed by atoms with Gasteiger partial charge in [0.25, 0.3) is 0 Å². The molecule has 8 rings (SSSR count). The molecule has 0 amide bonds. The van der Waals surface area contributed by atoms with E-state index in [0.29, 0.717) is 20.9 Å². The van der Waals surface area contributed by atoms with Crippen LogP contribution in [0.15, 0.2) is 170 Å². The minimum absolute atomic E-state index is 0.00187. The highest BCUT2D eigenvalue weighted by Crippen LogP contribution is 2.23. The molecular weight excluding hydrogens is 737 g/mol. The first-order valence-corrected chi connectivity index (χ1v) is 18.1. The predicted molar refractivity (Wildman–Crippen MR) is 233 cm³/mol. The molecular formula is C52H28N8. The van der Waals surface area contributed by atoms with E-state index in [-0.39, 0.29) is 22.3 Å². The zero-order chi connectivity index (χ0) is 42.7. The maximum absolute atomic E-state index is 8.63. The van der Waals surface area contributed by atoms with Crippen molar-refractivity contribution in [1.82, 2.24) is 0 Å². The van der Waals surface area contributed by atoms with Crippen LogP contribution < -0.4 is 20.9 Å². The van der Waals surface area contributed by atoms with Crippen LogP contribution >= 0.6 is 0 Å². The van der Waals surface area contributed by atoms with Crippen LogP contribution in [-0.4, -0.2) is 0 Å². The van der Waals surface area contributed by atoms with Gasteiger partial charge in [0.05, 0.1) is 0 Å². The quantitative estimate of drug-likeness (QED) is 0.138. The van der Waals surface area contributed by atoms with E-state index in [1.165, 1.54) is 91.6 Å². The van der Waals surface area contributed by atoms with Gasteiger partial charge >= 0.3 is 0 Å². The number of hydrogen-bond acceptors (Lipinski definition) is 8. The third kappa shape index (κ3) is 10.3. The Bertz CT molecular complexity index is 2860. The molecule has 276 valence electrons. The van der Waals surface area contributed by atoms with Gasteiger partial charge in [-0.2, -0.15) is 42.1 Å². The van der Waals surface area contributed by atoms with Crippen molar-refractivity contribution >= 4 is 65.4 Å². The summed E-state index contributed by atoms with van der Waals surface area (Å²) in [6.45, 7) is 0. The number of rotatable bonds is 0. The van der Waals surface area contributed by atoms with E-state index in [0.717, 1.165) is 0 Å². The first kappa shape index (κ1) is 41.4. The van der Waals surface area contributed by atoms with Gasteiger partial charge in [0.2, 0.25) is 0 Å². The molecule has 0 aliphatic carbocycles. The standard InChI is InChI=1S/2C14H10.2C12H4N4/c2*1-2-6-12-10-14-8-4-3-7-13(14)9-11(12)5-1;2*13-5-11(6-14)9-1-2-10(4-3-9)12(7-15)8-16/h2*1-10H;2*1-4H. The van der Waals surface area contributed by atoms with E-state index in [2.05, 4.69) is 121 Å². The van der Waals surface area contributed by atoms with Gasteiger partial charge in [-0.3, -0.25) is 0 Å². The van der Waals surface area contributed by atoms with Crippen LogP contribution in [0.4, 0.5) is 0 Å². The highest BCUT2D eigenvalue weighted by Gasteiger charge is 1.99. The molecule has 8 aromatic rings. The van der Waals surface area contributed by atoms with Crippen molar-refractivity contribution in [3.63, 3.8) is 0 Å². The number of nitriles is 8. The molecule has 0 N–H and O–H groups in total. The molecule has 0 saturated carbocycles. The third-order valence-electron chi connectivity index (χ3n) is 9.05. The fourth-order valence-corrected chi connectivity index (χ4v) is 5.99. The van der Waals surface area contributed by atoms with E-state index in [9.17, 15) is 0 Å². The van der Waals surface area contributed by atoms with Gasteiger partial charge in [-0.05, 0) is 67.4 Å². The molecule has 0 radical (unpaired) electrons. The maximum atomic E-state index is 8.63. The second-order valence-electron chi connectivity index (χ2n) is 12.6. The molecule has 0 unspecified atom stereocenters. The Morgan fingerprint density at radius 1 is 0.217 bits per heavy atom. The minimum atomic E-state index is 0.00187. The van der Waals surface area contributed by atoms with Crippen molar-refractivity contribution in [2.75, 3.05) is 0 Å². The van der Waals surface area contributed by atoms with Gasteiger partial charge in [-0.25, -0.2) is 0 Å². The Morgan fingerprint density at radius 2 is 0.350 bits per heavy atom. The average molecular weight is 765 g/mol. The van der Waals surface area contributed by atoms with Crippen molar-refractivity contribution in [1.29, 1.82) is 42.1 Å². The second-order valence-corrected chi connectivity index (χ2v) is 12.6. The van der Waals surface area contributed by atoms with Crippen molar-refractivity contribution in [2.45, 2.75) is 0 Å². The maximum Gasteiger partial charge on any atom is 0.136 e. The molecule has 8 heteroatoms. The van der Waals surface area contributed by atoms with Gasteiger partial charge in [-0.15, -0.1) is 0 Å². The number of fused-ring (bicyclic) bond motifs is 4. The first-order chi connectivity index (χ1) is 29.4. The predicted octanol–water partition coefficient (Wildman–Crippen LogP) is 8.15. The van der Waals surface area contributed by atoms with Gasteiger partial charge in [0, 0.05) is 20.9 Å². The summed E-state index contributed by atoms with van der Waals surface area (Å²) in [5.74, 6) is 0. The first-order valence-electron chi connectivity index (χ1n) is 18.1. The topological polar surface area (TPSA) is 190 Å². The molecule has 0 heterocycles. The van der Waals surface area contributed by atoms with Crippen LogP contribution in [0.5, 0.6) is 0 Å². The van der Waals surface area contributed by atoms with E-state index in [1.54, 1.807) is 48.6 Å². The van der Waals surface area contributed by atoms with Gasteiger partial charge in [0.1, 0.15) is 70.8 Å². The molecule has 0 bridgehead atoms. The highest BCUT2D eigenvalue weighted by atomic mass is 14.3. The summed E-state index contributed by atoms with van der Waals surface area (Å²) in [5, 5.41) is 81.4. The summed E-state index contributed by atoms with van der Waals surface area (Å²) in [4.78, 5) is 0. The van der Waals surface area contributed by atoms with Crippen LogP contribution in [0, 0.1) is 90.6 Å². The summed E-state index contributed by atoms with van der Waals surface area (Å²) >= 11 is 0. The van der Waals surface area contributed by atoms with Crippen molar-refractivity contribution < 1.29 is 0 Å². The number of nitrogens with zero attached hydrogens (tertiary/aromatic N) is 8. The molecule has 0 aliphatic rings. The fourth-order valence-electron chi connectivity index (χ4n) is 5.99. The zero-order valence-corrected chi connectivity index (χ0v) is 31.7. The molecule has 8 nitrogen and oxygen atoms in total. The molecule has 0 atom stereocenters. The third-order valence-corrected chi connectivity index (χ3v) is 9.05. The lowest BCUT2D eigenvalue weighted by molar-refractivity contribution is 1.46. The van der Waals surface area contributed by atoms with Crippen molar-refractivity contribution in [3.8, 4) is 48.6 Å². The van der Waals surface area contributed by atoms with Crippen molar-refractivity contribution in [2.24, 2.45) is 0 Å². The van der Waals surface area contributed by atoms with Crippen LogP contribution in [0.2, 0.25) is 0 Å². The Balaban J connectivity index is 0.000000152. The van der Waals surface area contributed by atoms with E-state index >= 15 is 0 Å². The summed E-state index contributed by atoms with van der Waals surface area (Å²) in [6, 6.07) is 69.2. The normalized spacial score (nSPS) is 9.20. The lowest BCUT2D eigenvalue weighted by atomic mass is 10.0. The fraction of sp³-hybridized carbons (Fsp3) is 0. The van der Waals surface area contributed by atoms with Crippen LogP contribution in [0.25, 0.3) is 65.4 Å². The molecule has 0 fully saturated rings. The summed E-state index contributed by atoms with van der Waals surface area (Å²) in [7, 11) is 0. The van der Waals surface area contributed by atoms with Crippen LogP contribution in [0.3, 0.4) is 0 Å². The molecule has 0 spiro atoms. The lowest BCUT2D eigenvalue weighted by Gasteiger charge is -2.00. The van der Waals surface area contributed by atoms with E-state index in [4.69, 9.17) is 42.1 Å². The Labute approximate surface area is 345 Å². The van der Waals surface area contributed by atoms with E-state index < -0.39 is 0 Å². The second kappa shape index (κ2) is 20.8. The monoisotopic (exact) mass is 764 g/mol. The van der Waals surface area contributed by atoms with E-state index in [1.807, 2.05) is 0 Å². The largest absolute Gasteiger partial charge is 0.192 e. The SMILES string of the molecule is N#CC(C#N)=c1ccc(=C(C#N)C#N)cc1.N#CC(C#N)=c1ccc(=C(C#N)C#N)cc1.c1ccc2cc3ccccc3cc2c1.c1ccc2cc3ccccc3cc2c1. The van der Waals surface area contributed by atoms with Crippen LogP contribution in [0.1, 0.15) is 0 Å². The summed E-state index contributed by atoms with van der Waals surface area (Å²) in [6.07, 6.45) is 0. The molecule has 8 aromatic carbocycles. The van der Waals surface area contributed by atoms with Gasteiger partial charge in [0.15, 0.2) is 0 Å². The lowest BCUT2D eigenvalue weighted by Crippen LogP contribution is -2.11. The molecule has 60 heavy (non-hydrogen) atoms. The Morgan fingerprint density at radius 3 is 0.467 bits per heavy atom. The van der Waals surface area contributed by atoms with Gasteiger partial charge < -0.3 is 0 Å². The average Bonchev–Trinajstić information content (AvgIpc) is 3.31. The smallest absolute Gasteiger partial charge is 0.136 e. The molecule has 0 aromatic heterocycles. The highest BCUT2D eigenvalue weighted by molar-refractivity contribution is 5.99. The molecule has 0 aliphatic heterocycles. The van der Waals surface area contributed by atoms with Crippen LogP contribution in [-0.2, 0) is 0 Å². The van der Waals surface area contributed by atoms with Gasteiger partial charge in [-0.1, -0.05) is 146 Å². The van der Waals surface area contributed by atoms with Crippen molar-refractivity contribution in [3.05, 3.63) is 191 Å². The Kier molecular flexibility index (Phi) is 14.3. The summed E-state index contributed by atoms with van der Waals surface area (Å²) in [5.41, 5.74) is 0.00746.